The highest BCUT2D eigenvalue weighted by Gasteiger charge is 2.58. The number of epoxide rings is 1. The van der Waals surface area contributed by atoms with Crippen molar-refractivity contribution in [2.75, 3.05) is 6.61 Å². The topological polar surface area (TPSA) is 38.8 Å². The van der Waals surface area contributed by atoms with Crippen LogP contribution in [0.1, 0.15) is 33.1 Å². The Morgan fingerprint density at radius 1 is 1.35 bits per heavy atom. The summed E-state index contributed by atoms with van der Waals surface area (Å²) in [6.07, 6.45) is 3.52. The summed E-state index contributed by atoms with van der Waals surface area (Å²) in [5, 5.41) is 0. The standard InChI is InChI=1S/C14H20O3/c1-8(2)13(15)17-12-6-9-4-10(12)5-11(9)14(3)7-16-14/h9-12H,1,4-7H2,2-3H3. The predicted octanol–water partition coefficient (Wildman–Crippen LogP) is 2.31. The molecule has 3 fully saturated rings. The minimum atomic E-state index is -0.229. The van der Waals surface area contributed by atoms with Crippen LogP contribution in [-0.2, 0) is 14.3 Å². The molecule has 94 valence electrons. The first kappa shape index (κ1) is 11.3. The molecule has 1 aliphatic heterocycles. The van der Waals surface area contributed by atoms with E-state index in [1.807, 2.05) is 0 Å². The fraction of sp³-hybridized carbons (Fsp3) is 0.786. The van der Waals surface area contributed by atoms with Crippen molar-refractivity contribution in [1.82, 2.24) is 0 Å². The molecule has 0 aromatic heterocycles. The molecule has 0 spiro atoms. The minimum Gasteiger partial charge on any atom is -0.459 e. The number of hydrogen-bond donors (Lipinski definition) is 0. The second-order valence-corrected chi connectivity index (χ2v) is 6.16. The molecule has 0 aromatic carbocycles. The van der Waals surface area contributed by atoms with Crippen LogP contribution < -0.4 is 0 Å². The average molecular weight is 236 g/mol. The van der Waals surface area contributed by atoms with Crippen LogP contribution in [0.2, 0.25) is 0 Å². The number of ether oxygens (including phenoxy) is 2. The zero-order valence-electron chi connectivity index (χ0n) is 10.6. The normalized spacial score (nSPS) is 46.9. The van der Waals surface area contributed by atoms with Gasteiger partial charge in [0.25, 0.3) is 0 Å². The predicted molar refractivity (Wildman–Crippen MR) is 63.4 cm³/mol. The number of esters is 1. The smallest absolute Gasteiger partial charge is 0.333 e. The summed E-state index contributed by atoms with van der Waals surface area (Å²) in [6, 6.07) is 0. The monoisotopic (exact) mass is 236 g/mol. The van der Waals surface area contributed by atoms with Crippen LogP contribution in [-0.4, -0.2) is 24.3 Å². The maximum absolute atomic E-state index is 11.5. The van der Waals surface area contributed by atoms with Gasteiger partial charge in [0.15, 0.2) is 0 Å². The molecule has 17 heavy (non-hydrogen) atoms. The molecule has 2 saturated carbocycles. The van der Waals surface area contributed by atoms with Crippen molar-refractivity contribution in [3.05, 3.63) is 12.2 Å². The van der Waals surface area contributed by atoms with Gasteiger partial charge in [-0.1, -0.05) is 6.58 Å². The number of rotatable bonds is 3. The van der Waals surface area contributed by atoms with Gasteiger partial charge in [-0.3, -0.25) is 0 Å². The molecule has 5 unspecified atom stereocenters. The molecule has 3 aliphatic rings. The molecule has 0 aromatic rings. The van der Waals surface area contributed by atoms with Crippen molar-refractivity contribution in [1.29, 1.82) is 0 Å². The van der Waals surface area contributed by atoms with Crippen molar-refractivity contribution in [3.63, 3.8) is 0 Å². The minimum absolute atomic E-state index is 0.128. The van der Waals surface area contributed by atoms with Crippen molar-refractivity contribution in [2.45, 2.75) is 44.8 Å². The summed E-state index contributed by atoms with van der Waals surface area (Å²) in [5.41, 5.74) is 0.643. The Kier molecular flexibility index (Phi) is 2.37. The summed E-state index contributed by atoms with van der Waals surface area (Å²) in [5.74, 6) is 1.70. The highest BCUT2D eigenvalue weighted by atomic mass is 16.6. The zero-order valence-corrected chi connectivity index (χ0v) is 10.6. The second kappa shape index (κ2) is 3.58. The van der Waals surface area contributed by atoms with E-state index in [1.54, 1.807) is 6.92 Å². The van der Waals surface area contributed by atoms with E-state index in [0.29, 0.717) is 23.3 Å². The van der Waals surface area contributed by atoms with Crippen molar-refractivity contribution < 1.29 is 14.3 Å². The van der Waals surface area contributed by atoms with Crippen LogP contribution in [0.15, 0.2) is 12.2 Å². The highest BCUT2D eigenvalue weighted by Crippen LogP contribution is 2.57. The van der Waals surface area contributed by atoms with E-state index in [4.69, 9.17) is 9.47 Å². The second-order valence-electron chi connectivity index (χ2n) is 6.16. The molecule has 1 heterocycles. The highest BCUT2D eigenvalue weighted by molar-refractivity contribution is 5.87. The Hall–Kier alpha value is -0.830. The van der Waals surface area contributed by atoms with Crippen LogP contribution in [0.3, 0.4) is 0 Å². The van der Waals surface area contributed by atoms with Crippen molar-refractivity contribution >= 4 is 5.97 Å². The Bertz CT molecular complexity index is 370. The zero-order chi connectivity index (χ0) is 12.2. The third-order valence-electron chi connectivity index (χ3n) is 4.78. The van der Waals surface area contributed by atoms with Crippen molar-refractivity contribution in [3.8, 4) is 0 Å². The summed E-state index contributed by atoms with van der Waals surface area (Å²) < 4.78 is 11.1. The molecule has 2 bridgehead atoms. The first-order valence-corrected chi connectivity index (χ1v) is 6.50. The van der Waals surface area contributed by atoms with Gasteiger partial charge in [-0.05, 0) is 50.9 Å². The van der Waals surface area contributed by atoms with E-state index in [1.165, 1.54) is 6.42 Å². The largest absolute Gasteiger partial charge is 0.459 e. The molecule has 0 amide bonds. The molecule has 3 nitrogen and oxygen atoms in total. The first-order valence-electron chi connectivity index (χ1n) is 6.50. The van der Waals surface area contributed by atoms with Crippen LogP contribution >= 0.6 is 0 Å². The van der Waals surface area contributed by atoms with Gasteiger partial charge in [0.2, 0.25) is 0 Å². The van der Waals surface area contributed by atoms with Gasteiger partial charge in [-0.2, -0.15) is 0 Å². The average Bonchev–Trinajstić information content (AvgIpc) is 2.75. The lowest BCUT2D eigenvalue weighted by Crippen LogP contribution is -2.33. The Balaban J connectivity index is 1.60. The van der Waals surface area contributed by atoms with Gasteiger partial charge in [-0.25, -0.2) is 4.79 Å². The van der Waals surface area contributed by atoms with Crippen molar-refractivity contribution in [2.24, 2.45) is 17.8 Å². The number of carbonyl (C=O) groups is 1. The third kappa shape index (κ3) is 1.81. The van der Waals surface area contributed by atoms with E-state index in [2.05, 4.69) is 13.5 Å². The first-order chi connectivity index (χ1) is 7.99. The molecule has 1 saturated heterocycles. The fourth-order valence-corrected chi connectivity index (χ4v) is 3.68. The van der Waals surface area contributed by atoms with Gasteiger partial charge in [-0.15, -0.1) is 0 Å². The summed E-state index contributed by atoms with van der Waals surface area (Å²) in [4.78, 5) is 11.5. The third-order valence-corrected chi connectivity index (χ3v) is 4.78. The van der Waals surface area contributed by atoms with Crippen LogP contribution in [0.5, 0.6) is 0 Å². The fourth-order valence-electron chi connectivity index (χ4n) is 3.68. The van der Waals surface area contributed by atoms with Gasteiger partial charge >= 0.3 is 5.97 Å². The molecular formula is C14H20O3. The number of carbonyl (C=O) groups excluding carboxylic acids is 1. The maximum atomic E-state index is 11.5. The summed E-state index contributed by atoms with van der Waals surface area (Å²) in [6.45, 7) is 8.46. The van der Waals surface area contributed by atoms with E-state index < -0.39 is 0 Å². The molecule has 3 heteroatoms. The lowest BCUT2D eigenvalue weighted by molar-refractivity contribution is -0.147. The molecule has 0 N–H and O–H groups in total. The SMILES string of the molecule is C=C(C)C(=O)OC1CC2CC1CC2C1(C)CO1. The molecular weight excluding hydrogens is 216 g/mol. The molecule has 2 aliphatic carbocycles. The van der Waals surface area contributed by atoms with E-state index in [9.17, 15) is 4.79 Å². The lowest BCUT2D eigenvalue weighted by atomic mass is 9.79. The number of fused-ring (bicyclic) bond motifs is 2. The molecule has 0 radical (unpaired) electrons. The van der Waals surface area contributed by atoms with E-state index in [0.717, 1.165) is 19.4 Å². The Morgan fingerprint density at radius 2 is 2.06 bits per heavy atom. The number of hydrogen-bond acceptors (Lipinski definition) is 3. The van der Waals surface area contributed by atoms with Gasteiger partial charge < -0.3 is 9.47 Å². The summed E-state index contributed by atoms with van der Waals surface area (Å²) in [7, 11) is 0. The summed E-state index contributed by atoms with van der Waals surface area (Å²) >= 11 is 0. The van der Waals surface area contributed by atoms with Crippen LogP contribution in [0.4, 0.5) is 0 Å². The lowest BCUT2D eigenvalue weighted by Gasteiger charge is -2.30. The molecule has 5 atom stereocenters. The van der Waals surface area contributed by atoms with Crippen LogP contribution in [0.25, 0.3) is 0 Å². The van der Waals surface area contributed by atoms with Gasteiger partial charge in [0, 0.05) is 5.57 Å². The van der Waals surface area contributed by atoms with E-state index in [-0.39, 0.29) is 17.7 Å². The Labute approximate surface area is 102 Å². The molecule has 3 rings (SSSR count). The van der Waals surface area contributed by atoms with Gasteiger partial charge in [0.05, 0.1) is 12.2 Å². The van der Waals surface area contributed by atoms with E-state index >= 15 is 0 Å². The maximum Gasteiger partial charge on any atom is 0.333 e. The van der Waals surface area contributed by atoms with Gasteiger partial charge in [0.1, 0.15) is 6.10 Å². The quantitative estimate of drug-likeness (QED) is 0.429. The Morgan fingerprint density at radius 3 is 2.53 bits per heavy atom. The van der Waals surface area contributed by atoms with Crippen LogP contribution in [0, 0.1) is 17.8 Å².